The van der Waals surface area contributed by atoms with E-state index < -0.39 is 10.0 Å². The number of rotatable bonds is 4. The van der Waals surface area contributed by atoms with Gasteiger partial charge in [0.25, 0.3) is 5.91 Å². The fourth-order valence-electron chi connectivity index (χ4n) is 2.60. The highest BCUT2D eigenvalue weighted by atomic mass is 32.2. The maximum Gasteiger partial charge on any atom is 0.256 e. The fraction of sp³-hybridized carbons (Fsp3) is 0.333. The van der Waals surface area contributed by atoms with Crippen molar-refractivity contribution in [3.63, 3.8) is 0 Å². The first-order valence-electron chi connectivity index (χ1n) is 7.44. The molecule has 1 aliphatic heterocycles. The van der Waals surface area contributed by atoms with E-state index in [1.807, 2.05) is 5.38 Å². The molecule has 1 saturated heterocycles. The van der Waals surface area contributed by atoms with Gasteiger partial charge in [0.15, 0.2) is 5.13 Å². The van der Waals surface area contributed by atoms with Crippen molar-refractivity contribution in [1.29, 1.82) is 0 Å². The number of anilines is 2. The standard InChI is InChI=1S/C15H18N4O3S2/c1-24(21,22)17-13-5-3-2-4-12(13)14(20)18-7-9-19(10-8-18)15-16-6-11-23-15/h2-6,11,17H,7-10H2,1H3. The van der Waals surface area contributed by atoms with Crippen molar-refractivity contribution in [2.75, 3.05) is 42.1 Å². The van der Waals surface area contributed by atoms with Crippen LogP contribution in [0.4, 0.5) is 10.8 Å². The Morgan fingerprint density at radius 2 is 1.92 bits per heavy atom. The minimum Gasteiger partial charge on any atom is -0.345 e. The number of aromatic nitrogens is 1. The van der Waals surface area contributed by atoms with Crippen LogP contribution in [-0.2, 0) is 10.0 Å². The van der Waals surface area contributed by atoms with Crippen LogP contribution in [0.3, 0.4) is 0 Å². The minimum absolute atomic E-state index is 0.166. The number of benzene rings is 1. The van der Waals surface area contributed by atoms with E-state index >= 15 is 0 Å². The van der Waals surface area contributed by atoms with Gasteiger partial charge in [-0.25, -0.2) is 13.4 Å². The normalized spacial score (nSPS) is 15.4. The number of nitrogens with zero attached hydrogens (tertiary/aromatic N) is 3. The third-order valence-electron chi connectivity index (χ3n) is 3.71. The molecule has 1 N–H and O–H groups in total. The summed E-state index contributed by atoms with van der Waals surface area (Å²) in [6.07, 6.45) is 2.84. The predicted octanol–water partition coefficient (Wildman–Crippen LogP) is 1.48. The molecule has 9 heteroatoms. The van der Waals surface area contributed by atoms with Gasteiger partial charge in [-0.15, -0.1) is 11.3 Å². The lowest BCUT2D eigenvalue weighted by atomic mass is 10.1. The van der Waals surface area contributed by atoms with Crippen molar-refractivity contribution in [3.05, 3.63) is 41.4 Å². The number of hydrogen-bond acceptors (Lipinski definition) is 6. The van der Waals surface area contributed by atoms with Crippen molar-refractivity contribution in [2.24, 2.45) is 0 Å². The molecule has 0 aliphatic carbocycles. The Kier molecular flexibility index (Phi) is 4.72. The first-order valence-corrected chi connectivity index (χ1v) is 10.2. The van der Waals surface area contributed by atoms with E-state index in [4.69, 9.17) is 0 Å². The van der Waals surface area contributed by atoms with E-state index in [1.165, 1.54) is 0 Å². The molecule has 0 bridgehead atoms. The fourth-order valence-corrected chi connectivity index (χ4v) is 3.88. The molecule has 24 heavy (non-hydrogen) atoms. The third-order valence-corrected chi connectivity index (χ3v) is 5.13. The maximum atomic E-state index is 12.8. The van der Waals surface area contributed by atoms with Crippen molar-refractivity contribution in [3.8, 4) is 0 Å². The van der Waals surface area contributed by atoms with E-state index in [2.05, 4.69) is 14.6 Å². The molecule has 3 rings (SSSR count). The van der Waals surface area contributed by atoms with E-state index in [0.29, 0.717) is 37.4 Å². The molecule has 1 aromatic heterocycles. The maximum absolute atomic E-state index is 12.8. The molecule has 1 aliphatic rings. The molecular formula is C15H18N4O3S2. The number of carbonyl (C=O) groups is 1. The molecule has 0 radical (unpaired) electrons. The van der Waals surface area contributed by atoms with E-state index in [9.17, 15) is 13.2 Å². The van der Waals surface area contributed by atoms with E-state index in [0.717, 1.165) is 11.4 Å². The Morgan fingerprint density at radius 3 is 2.54 bits per heavy atom. The molecule has 0 spiro atoms. The Hall–Kier alpha value is -2.13. The van der Waals surface area contributed by atoms with Crippen LogP contribution in [0.25, 0.3) is 0 Å². The van der Waals surface area contributed by atoms with Gasteiger partial charge in [0.1, 0.15) is 0 Å². The lowest BCUT2D eigenvalue weighted by molar-refractivity contribution is 0.0748. The summed E-state index contributed by atoms with van der Waals surface area (Å²) in [5, 5.41) is 2.89. The molecule has 1 fully saturated rings. The molecule has 7 nitrogen and oxygen atoms in total. The lowest BCUT2D eigenvalue weighted by Crippen LogP contribution is -2.48. The SMILES string of the molecule is CS(=O)(=O)Nc1ccccc1C(=O)N1CCN(c2nccs2)CC1. The summed E-state index contributed by atoms with van der Waals surface area (Å²) >= 11 is 1.58. The Labute approximate surface area is 145 Å². The van der Waals surface area contributed by atoms with Gasteiger partial charge in [0, 0.05) is 37.8 Å². The number of sulfonamides is 1. The van der Waals surface area contributed by atoms with Crippen molar-refractivity contribution < 1.29 is 13.2 Å². The summed E-state index contributed by atoms with van der Waals surface area (Å²) in [7, 11) is -3.44. The first-order chi connectivity index (χ1) is 11.4. The number of para-hydroxylation sites is 1. The van der Waals surface area contributed by atoms with Crippen LogP contribution >= 0.6 is 11.3 Å². The third kappa shape index (κ3) is 3.85. The molecule has 0 unspecified atom stereocenters. The van der Waals surface area contributed by atoms with Crippen LogP contribution in [0, 0.1) is 0 Å². The smallest absolute Gasteiger partial charge is 0.256 e. The van der Waals surface area contributed by atoms with Gasteiger partial charge in [0.05, 0.1) is 17.5 Å². The summed E-state index contributed by atoms with van der Waals surface area (Å²) in [5.74, 6) is -0.166. The summed E-state index contributed by atoms with van der Waals surface area (Å²) < 4.78 is 25.4. The number of carbonyl (C=O) groups excluding carboxylic acids is 1. The molecule has 0 saturated carbocycles. The Morgan fingerprint density at radius 1 is 1.21 bits per heavy atom. The first kappa shape index (κ1) is 16.7. The summed E-state index contributed by atoms with van der Waals surface area (Å²) in [6.45, 7) is 2.57. The molecule has 2 heterocycles. The van der Waals surface area contributed by atoms with Crippen LogP contribution in [0.15, 0.2) is 35.8 Å². The van der Waals surface area contributed by atoms with Gasteiger partial charge in [-0.3, -0.25) is 9.52 Å². The Bertz CT molecular complexity index is 813. The average molecular weight is 366 g/mol. The minimum atomic E-state index is -3.44. The number of amides is 1. The molecule has 0 atom stereocenters. The second-order valence-corrected chi connectivity index (χ2v) is 8.14. The van der Waals surface area contributed by atoms with Crippen LogP contribution in [0.2, 0.25) is 0 Å². The molecule has 1 amide bonds. The number of piperazine rings is 1. The summed E-state index contributed by atoms with van der Waals surface area (Å²) in [6, 6.07) is 6.67. The van der Waals surface area contributed by atoms with E-state index in [-0.39, 0.29) is 5.91 Å². The Balaban J connectivity index is 1.72. The van der Waals surface area contributed by atoms with Gasteiger partial charge >= 0.3 is 0 Å². The van der Waals surface area contributed by atoms with Crippen LogP contribution < -0.4 is 9.62 Å². The van der Waals surface area contributed by atoms with E-state index in [1.54, 1.807) is 46.7 Å². The topological polar surface area (TPSA) is 82.6 Å². The largest absolute Gasteiger partial charge is 0.345 e. The average Bonchev–Trinajstić information content (AvgIpc) is 3.08. The molecule has 128 valence electrons. The highest BCUT2D eigenvalue weighted by Gasteiger charge is 2.25. The zero-order valence-electron chi connectivity index (χ0n) is 13.2. The van der Waals surface area contributed by atoms with Crippen molar-refractivity contribution in [1.82, 2.24) is 9.88 Å². The number of thiazole rings is 1. The van der Waals surface area contributed by atoms with Gasteiger partial charge in [-0.2, -0.15) is 0 Å². The summed E-state index contributed by atoms with van der Waals surface area (Å²) in [4.78, 5) is 20.9. The second kappa shape index (κ2) is 6.78. The second-order valence-electron chi connectivity index (χ2n) is 5.51. The van der Waals surface area contributed by atoms with Crippen molar-refractivity contribution >= 4 is 38.1 Å². The number of hydrogen-bond donors (Lipinski definition) is 1. The highest BCUT2D eigenvalue weighted by molar-refractivity contribution is 7.92. The van der Waals surface area contributed by atoms with Crippen molar-refractivity contribution in [2.45, 2.75) is 0 Å². The predicted molar refractivity (Wildman–Crippen MR) is 95.1 cm³/mol. The zero-order chi connectivity index (χ0) is 17.2. The van der Waals surface area contributed by atoms with Gasteiger partial charge in [-0.05, 0) is 12.1 Å². The molecule has 1 aromatic carbocycles. The van der Waals surface area contributed by atoms with Crippen LogP contribution in [0.1, 0.15) is 10.4 Å². The van der Waals surface area contributed by atoms with Gasteiger partial charge in [0.2, 0.25) is 10.0 Å². The quantitative estimate of drug-likeness (QED) is 0.886. The lowest BCUT2D eigenvalue weighted by Gasteiger charge is -2.34. The van der Waals surface area contributed by atoms with Gasteiger partial charge in [-0.1, -0.05) is 12.1 Å². The van der Waals surface area contributed by atoms with Gasteiger partial charge < -0.3 is 9.80 Å². The monoisotopic (exact) mass is 366 g/mol. The molecular weight excluding hydrogens is 348 g/mol. The highest BCUT2D eigenvalue weighted by Crippen LogP contribution is 2.22. The summed E-state index contributed by atoms with van der Waals surface area (Å²) in [5.41, 5.74) is 0.679. The van der Waals surface area contributed by atoms with Crippen LogP contribution in [-0.4, -0.2) is 56.6 Å². The molecule has 2 aromatic rings. The zero-order valence-corrected chi connectivity index (χ0v) is 14.8. The number of nitrogens with one attached hydrogen (secondary N) is 1. The van der Waals surface area contributed by atoms with Crippen LogP contribution in [0.5, 0.6) is 0 Å².